The summed E-state index contributed by atoms with van der Waals surface area (Å²) in [6.45, 7) is 5.17. The standard InChI is InChI=1S/C18H21N3O6/c1-18(2,3)16(24)19-10-7-6-8-11(14(10)15(22)23)27-17-20-12(25-4)9-13(21-17)26-5/h6-9H,1-5H3,(H,19,24)(H,22,23). The van der Waals surface area contributed by atoms with Gasteiger partial charge in [0.15, 0.2) is 0 Å². The monoisotopic (exact) mass is 375 g/mol. The molecule has 0 bridgehead atoms. The number of amides is 1. The first-order chi connectivity index (χ1) is 12.7. The highest BCUT2D eigenvalue weighted by Gasteiger charge is 2.25. The molecule has 0 aliphatic heterocycles. The van der Waals surface area contributed by atoms with Crippen LogP contribution in [0.3, 0.4) is 0 Å². The van der Waals surface area contributed by atoms with Crippen molar-refractivity contribution < 1.29 is 28.9 Å². The first kappa shape index (κ1) is 20.0. The molecule has 0 radical (unpaired) electrons. The second-order valence-electron chi connectivity index (χ2n) is 6.53. The van der Waals surface area contributed by atoms with Crippen molar-refractivity contribution in [3.63, 3.8) is 0 Å². The van der Waals surface area contributed by atoms with Crippen molar-refractivity contribution in [2.24, 2.45) is 5.41 Å². The minimum absolute atomic E-state index is 0.0375. The fourth-order valence-corrected chi connectivity index (χ4v) is 1.99. The molecule has 0 aliphatic carbocycles. The Kier molecular flexibility index (Phi) is 5.84. The van der Waals surface area contributed by atoms with Gasteiger partial charge in [0.2, 0.25) is 17.7 Å². The normalized spacial score (nSPS) is 10.9. The molecule has 0 atom stereocenters. The smallest absolute Gasteiger partial charge is 0.341 e. The van der Waals surface area contributed by atoms with Gasteiger partial charge in [0.1, 0.15) is 11.3 Å². The van der Waals surface area contributed by atoms with Crippen LogP contribution in [0, 0.1) is 5.41 Å². The molecule has 1 aromatic heterocycles. The van der Waals surface area contributed by atoms with Gasteiger partial charge in [-0.15, -0.1) is 0 Å². The van der Waals surface area contributed by atoms with Crippen LogP contribution in [0.15, 0.2) is 24.3 Å². The van der Waals surface area contributed by atoms with Gasteiger partial charge in [0, 0.05) is 5.41 Å². The van der Waals surface area contributed by atoms with E-state index >= 15 is 0 Å². The van der Waals surface area contributed by atoms with Crippen LogP contribution < -0.4 is 19.5 Å². The molecule has 0 aliphatic rings. The van der Waals surface area contributed by atoms with Crippen LogP contribution >= 0.6 is 0 Å². The fraction of sp³-hybridized carbons (Fsp3) is 0.333. The Morgan fingerprint density at radius 1 is 1.07 bits per heavy atom. The number of aromatic nitrogens is 2. The van der Waals surface area contributed by atoms with Crippen molar-refractivity contribution in [1.82, 2.24) is 9.97 Å². The summed E-state index contributed by atoms with van der Waals surface area (Å²) in [5.41, 5.74) is -0.814. The molecule has 0 saturated carbocycles. The van der Waals surface area contributed by atoms with E-state index in [0.717, 1.165) is 0 Å². The highest BCUT2D eigenvalue weighted by Crippen LogP contribution is 2.32. The van der Waals surface area contributed by atoms with E-state index in [4.69, 9.17) is 14.2 Å². The molecule has 0 spiro atoms. The second-order valence-corrected chi connectivity index (χ2v) is 6.53. The van der Waals surface area contributed by atoms with E-state index < -0.39 is 11.4 Å². The van der Waals surface area contributed by atoms with Crippen LogP contribution in [0.25, 0.3) is 0 Å². The Labute approximate surface area is 156 Å². The number of ether oxygens (including phenoxy) is 3. The van der Waals surface area contributed by atoms with Crippen LogP contribution in [0.5, 0.6) is 23.5 Å². The molecule has 1 heterocycles. The number of carbonyl (C=O) groups is 2. The number of rotatable bonds is 6. The minimum Gasteiger partial charge on any atom is -0.481 e. The van der Waals surface area contributed by atoms with Crippen LogP contribution in [-0.2, 0) is 4.79 Å². The van der Waals surface area contributed by atoms with E-state index in [9.17, 15) is 14.7 Å². The molecule has 0 saturated heterocycles. The van der Waals surface area contributed by atoms with Gasteiger partial charge in [-0.1, -0.05) is 26.8 Å². The van der Waals surface area contributed by atoms with Gasteiger partial charge in [-0.05, 0) is 12.1 Å². The van der Waals surface area contributed by atoms with Crippen molar-refractivity contribution in [2.75, 3.05) is 19.5 Å². The summed E-state index contributed by atoms with van der Waals surface area (Å²) in [7, 11) is 2.83. The maximum Gasteiger partial charge on any atom is 0.341 e. The molecule has 2 rings (SSSR count). The van der Waals surface area contributed by atoms with Gasteiger partial charge < -0.3 is 24.6 Å². The van der Waals surface area contributed by atoms with Crippen molar-refractivity contribution >= 4 is 17.6 Å². The average molecular weight is 375 g/mol. The predicted octanol–water partition coefficient (Wildman–Crippen LogP) is 2.97. The van der Waals surface area contributed by atoms with Gasteiger partial charge in [-0.3, -0.25) is 4.79 Å². The number of nitrogens with zero attached hydrogens (tertiary/aromatic N) is 2. The molecule has 0 fully saturated rings. The van der Waals surface area contributed by atoms with Crippen molar-refractivity contribution in [3.8, 4) is 23.5 Å². The lowest BCUT2D eigenvalue weighted by molar-refractivity contribution is -0.123. The SMILES string of the molecule is COc1cc(OC)nc(Oc2cccc(NC(=O)C(C)(C)C)c2C(=O)O)n1. The Morgan fingerprint density at radius 3 is 2.15 bits per heavy atom. The van der Waals surface area contributed by atoms with E-state index in [2.05, 4.69) is 15.3 Å². The number of aromatic carboxylic acids is 1. The summed E-state index contributed by atoms with van der Waals surface area (Å²) >= 11 is 0. The van der Waals surface area contributed by atoms with E-state index in [1.54, 1.807) is 26.8 Å². The number of benzene rings is 1. The minimum atomic E-state index is -1.27. The quantitative estimate of drug-likeness (QED) is 0.791. The molecule has 1 amide bonds. The first-order valence-electron chi connectivity index (χ1n) is 7.98. The van der Waals surface area contributed by atoms with Gasteiger partial charge in [0.05, 0.1) is 26.0 Å². The molecular weight excluding hydrogens is 354 g/mol. The maximum atomic E-state index is 12.2. The lowest BCUT2D eigenvalue weighted by Gasteiger charge is -2.19. The van der Waals surface area contributed by atoms with E-state index in [1.807, 2.05) is 0 Å². The molecule has 27 heavy (non-hydrogen) atoms. The number of hydrogen-bond donors (Lipinski definition) is 2. The van der Waals surface area contributed by atoms with Gasteiger partial charge in [0.25, 0.3) is 0 Å². The summed E-state index contributed by atoms with van der Waals surface area (Å²) in [6, 6.07) is 5.76. The van der Waals surface area contributed by atoms with Crippen molar-refractivity contribution in [2.45, 2.75) is 20.8 Å². The molecule has 0 unspecified atom stereocenters. The van der Waals surface area contributed by atoms with E-state index in [-0.39, 0.29) is 40.7 Å². The third-order valence-electron chi connectivity index (χ3n) is 3.45. The zero-order valence-corrected chi connectivity index (χ0v) is 15.7. The van der Waals surface area contributed by atoms with Crippen LogP contribution in [0.2, 0.25) is 0 Å². The number of hydrogen-bond acceptors (Lipinski definition) is 7. The summed E-state index contributed by atoms with van der Waals surface area (Å²) in [5.74, 6) is -1.27. The highest BCUT2D eigenvalue weighted by molar-refractivity contribution is 6.03. The number of methoxy groups -OCH3 is 2. The zero-order chi connectivity index (χ0) is 20.2. The largest absolute Gasteiger partial charge is 0.481 e. The Bertz CT molecular complexity index is 838. The molecule has 2 N–H and O–H groups in total. The topological polar surface area (TPSA) is 120 Å². The fourth-order valence-electron chi connectivity index (χ4n) is 1.99. The Morgan fingerprint density at radius 2 is 1.67 bits per heavy atom. The lowest BCUT2D eigenvalue weighted by Crippen LogP contribution is -2.28. The Balaban J connectivity index is 2.44. The van der Waals surface area contributed by atoms with Crippen molar-refractivity contribution in [3.05, 3.63) is 29.8 Å². The lowest BCUT2D eigenvalue weighted by atomic mass is 9.95. The van der Waals surface area contributed by atoms with Crippen LogP contribution in [0.4, 0.5) is 5.69 Å². The molecule has 1 aromatic carbocycles. The number of carboxylic acids is 1. The van der Waals surface area contributed by atoms with E-state index in [0.29, 0.717) is 0 Å². The summed E-state index contributed by atoms with van der Waals surface area (Å²) in [5, 5.41) is 12.2. The summed E-state index contributed by atoms with van der Waals surface area (Å²) in [4.78, 5) is 32.1. The summed E-state index contributed by atoms with van der Waals surface area (Å²) in [6.07, 6.45) is 0. The van der Waals surface area contributed by atoms with Gasteiger partial charge in [-0.25, -0.2) is 4.79 Å². The molecule has 9 nitrogen and oxygen atoms in total. The number of nitrogens with one attached hydrogen (secondary N) is 1. The third kappa shape index (κ3) is 4.84. The zero-order valence-electron chi connectivity index (χ0n) is 15.7. The maximum absolute atomic E-state index is 12.2. The highest BCUT2D eigenvalue weighted by atomic mass is 16.5. The number of anilines is 1. The Hall–Kier alpha value is -3.36. The van der Waals surface area contributed by atoms with E-state index in [1.165, 1.54) is 32.4 Å². The molecule has 9 heteroatoms. The summed E-state index contributed by atoms with van der Waals surface area (Å²) < 4.78 is 15.6. The predicted molar refractivity (Wildman–Crippen MR) is 96.7 cm³/mol. The number of carbonyl (C=O) groups excluding carboxylic acids is 1. The molecule has 2 aromatic rings. The first-order valence-corrected chi connectivity index (χ1v) is 7.98. The molecule has 144 valence electrons. The van der Waals surface area contributed by atoms with Gasteiger partial charge >= 0.3 is 12.0 Å². The number of carboxylic acid groups (broad SMARTS) is 1. The van der Waals surface area contributed by atoms with Crippen LogP contribution in [0.1, 0.15) is 31.1 Å². The van der Waals surface area contributed by atoms with Crippen molar-refractivity contribution in [1.29, 1.82) is 0 Å². The second kappa shape index (κ2) is 7.90. The average Bonchev–Trinajstić information content (AvgIpc) is 2.60. The molecular formula is C18H21N3O6. The van der Waals surface area contributed by atoms with Gasteiger partial charge in [-0.2, -0.15) is 9.97 Å². The van der Waals surface area contributed by atoms with Crippen LogP contribution in [-0.4, -0.2) is 41.2 Å². The third-order valence-corrected chi connectivity index (χ3v) is 3.45.